The standard InChI is InChI=1S/C13H17F2NO/c1-8(2)10(7-16)12(17)6-9-4-3-5-11(14)13(9)15/h3-5,8,10H,6-7,16H2,1-2H3. The molecule has 0 fully saturated rings. The average molecular weight is 241 g/mol. The fraction of sp³-hybridized carbons (Fsp3) is 0.462. The van der Waals surface area contributed by atoms with E-state index in [9.17, 15) is 13.6 Å². The first-order valence-electron chi connectivity index (χ1n) is 5.63. The molecule has 0 heterocycles. The normalized spacial score (nSPS) is 12.8. The number of nitrogens with two attached hydrogens (primary N) is 1. The van der Waals surface area contributed by atoms with Gasteiger partial charge in [-0.2, -0.15) is 0 Å². The molecule has 0 spiro atoms. The van der Waals surface area contributed by atoms with Crippen molar-refractivity contribution >= 4 is 5.78 Å². The Morgan fingerprint density at radius 1 is 1.35 bits per heavy atom. The quantitative estimate of drug-likeness (QED) is 0.859. The van der Waals surface area contributed by atoms with Crippen LogP contribution in [0.15, 0.2) is 18.2 Å². The van der Waals surface area contributed by atoms with Crippen LogP contribution >= 0.6 is 0 Å². The van der Waals surface area contributed by atoms with Crippen LogP contribution < -0.4 is 5.73 Å². The number of hydrogen-bond acceptors (Lipinski definition) is 2. The topological polar surface area (TPSA) is 43.1 Å². The number of carbonyl (C=O) groups excluding carboxylic acids is 1. The van der Waals surface area contributed by atoms with Crippen LogP contribution in [0.2, 0.25) is 0 Å². The Morgan fingerprint density at radius 2 is 2.00 bits per heavy atom. The summed E-state index contributed by atoms with van der Waals surface area (Å²) < 4.78 is 26.3. The summed E-state index contributed by atoms with van der Waals surface area (Å²) in [6.45, 7) is 4.00. The summed E-state index contributed by atoms with van der Waals surface area (Å²) in [4.78, 5) is 11.9. The van der Waals surface area contributed by atoms with Crippen LogP contribution in [-0.4, -0.2) is 12.3 Å². The van der Waals surface area contributed by atoms with E-state index >= 15 is 0 Å². The van der Waals surface area contributed by atoms with Crippen LogP contribution in [-0.2, 0) is 11.2 Å². The number of Topliss-reactive ketones (excluding diaryl/α,β-unsaturated/α-hetero) is 1. The van der Waals surface area contributed by atoms with E-state index < -0.39 is 11.6 Å². The maximum atomic E-state index is 13.4. The lowest BCUT2D eigenvalue weighted by molar-refractivity contribution is -0.123. The molecule has 1 aromatic carbocycles. The van der Waals surface area contributed by atoms with Gasteiger partial charge >= 0.3 is 0 Å². The lowest BCUT2D eigenvalue weighted by atomic mass is 9.88. The molecule has 1 rings (SSSR count). The van der Waals surface area contributed by atoms with Crippen molar-refractivity contribution in [1.82, 2.24) is 0 Å². The molecule has 2 nitrogen and oxygen atoms in total. The second-order valence-electron chi connectivity index (χ2n) is 4.44. The number of rotatable bonds is 5. The third-order valence-corrected chi connectivity index (χ3v) is 2.87. The SMILES string of the molecule is CC(C)C(CN)C(=O)Cc1cccc(F)c1F. The maximum Gasteiger partial charge on any atom is 0.162 e. The van der Waals surface area contributed by atoms with Gasteiger partial charge in [0.15, 0.2) is 11.6 Å². The second-order valence-corrected chi connectivity index (χ2v) is 4.44. The van der Waals surface area contributed by atoms with Crippen LogP contribution in [0.5, 0.6) is 0 Å². The first-order chi connectivity index (χ1) is 7.97. The second kappa shape index (κ2) is 5.87. The minimum atomic E-state index is -0.944. The zero-order valence-corrected chi connectivity index (χ0v) is 10.0. The van der Waals surface area contributed by atoms with E-state index in [-0.39, 0.29) is 36.1 Å². The number of benzene rings is 1. The van der Waals surface area contributed by atoms with Gasteiger partial charge in [0.05, 0.1) is 0 Å². The number of halogens is 2. The summed E-state index contributed by atoms with van der Waals surface area (Å²) in [5.74, 6) is -2.22. The Bertz CT molecular complexity index is 404. The fourth-order valence-electron chi connectivity index (χ4n) is 1.78. The minimum Gasteiger partial charge on any atom is -0.330 e. The number of ketones is 1. The molecule has 4 heteroatoms. The van der Waals surface area contributed by atoms with Gasteiger partial charge in [0.1, 0.15) is 5.78 Å². The number of hydrogen-bond donors (Lipinski definition) is 1. The Labute approximate surface area is 99.8 Å². The molecule has 0 aliphatic heterocycles. The molecule has 17 heavy (non-hydrogen) atoms. The molecule has 0 aliphatic rings. The molecule has 0 saturated carbocycles. The molecular weight excluding hydrogens is 224 g/mol. The smallest absolute Gasteiger partial charge is 0.162 e. The molecule has 0 aliphatic carbocycles. The summed E-state index contributed by atoms with van der Waals surface area (Å²) in [5, 5.41) is 0. The zero-order valence-electron chi connectivity index (χ0n) is 10.0. The highest BCUT2D eigenvalue weighted by molar-refractivity contribution is 5.83. The summed E-state index contributed by atoms with van der Waals surface area (Å²) in [7, 11) is 0. The van der Waals surface area contributed by atoms with Crippen molar-refractivity contribution in [2.45, 2.75) is 20.3 Å². The van der Waals surface area contributed by atoms with E-state index in [0.717, 1.165) is 6.07 Å². The third kappa shape index (κ3) is 3.33. The van der Waals surface area contributed by atoms with E-state index in [2.05, 4.69) is 0 Å². The van der Waals surface area contributed by atoms with Crippen LogP contribution in [0.3, 0.4) is 0 Å². The lowest BCUT2D eigenvalue weighted by Gasteiger charge is -2.17. The maximum absolute atomic E-state index is 13.4. The summed E-state index contributed by atoms with van der Waals surface area (Å²) >= 11 is 0. The first kappa shape index (κ1) is 13.8. The van der Waals surface area contributed by atoms with Crippen LogP contribution in [0, 0.1) is 23.5 Å². The van der Waals surface area contributed by atoms with Gasteiger partial charge in [-0.15, -0.1) is 0 Å². The minimum absolute atomic E-state index is 0.0918. The summed E-state index contributed by atoms with van der Waals surface area (Å²) in [6.07, 6.45) is -0.108. The molecular formula is C13H17F2NO. The van der Waals surface area contributed by atoms with Gasteiger partial charge in [0, 0.05) is 18.9 Å². The van der Waals surface area contributed by atoms with Crippen molar-refractivity contribution in [2.24, 2.45) is 17.6 Å². The molecule has 0 aromatic heterocycles. The summed E-state index contributed by atoms with van der Waals surface area (Å²) in [6, 6.07) is 3.85. The molecule has 0 bridgehead atoms. The molecule has 1 unspecified atom stereocenters. The Balaban J connectivity index is 2.84. The van der Waals surface area contributed by atoms with Crippen molar-refractivity contribution in [2.75, 3.05) is 6.54 Å². The van der Waals surface area contributed by atoms with E-state index in [1.807, 2.05) is 13.8 Å². The van der Waals surface area contributed by atoms with Crippen molar-refractivity contribution in [1.29, 1.82) is 0 Å². The largest absolute Gasteiger partial charge is 0.330 e. The van der Waals surface area contributed by atoms with Crippen LogP contribution in [0.1, 0.15) is 19.4 Å². The zero-order chi connectivity index (χ0) is 13.0. The fourth-order valence-corrected chi connectivity index (χ4v) is 1.78. The van der Waals surface area contributed by atoms with Gasteiger partial charge in [0.2, 0.25) is 0 Å². The molecule has 1 atom stereocenters. The molecule has 0 amide bonds. The van der Waals surface area contributed by atoms with E-state index in [1.54, 1.807) is 0 Å². The molecule has 94 valence electrons. The van der Waals surface area contributed by atoms with E-state index in [1.165, 1.54) is 12.1 Å². The van der Waals surface area contributed by atoms with Crippen LogP contribution in [0.4, 0.5) is 8.78 Å². The average Bonchev–Trinajstić information content (AvgIpc) is 2.25. The Hall–Kier alpha value is -1.29. The molecule has 0 radical (unpaired) electrons. The van der Waals surface area contributed by atoms with Gasteiger partial charge in [0.25, 0.3) is 0 Å². The van der Waals surface area contributed by atoms with E-state index in [0.29, 0.717) is 0 Å². The Morgan fingerprint density at radius 3 is 2.53 bits per heavy atom. The summed E-state index contributed by atoms with van der Waals surface area (Å²) in [5.41, 5.74) is 5.60. The van der Waals surface area contributed by atoms with Gasteiger partial charge in [-0.25, -0.2) is 8.78 Å². The van der Waals surface area contributed by atoms with Gasteiger partial charge in [-0.05, 0) is 17.5 Å². The number of carbonyl (C=O) groups is 1. The van der Waals surface area contributed by atoms with Crippen LogP contribution in [0.25, 0.3) is 0 Å². The van der Waals surface area contributed by atoms with Crippen molar-refractivity contribution in [3.05, 3.63) is 35.4 Å². The molecule has 1 aromatic rings. The van der Waals surface area contributed by atoms with Crippen molar-refractivity contribution in [3.8, 4) is 0 Å². The first-order valence-corrected chi connectivity index (χ1v) is 5.63. The van der Waals surface area contributed by atoms with Gasteiger partial charge in [-0.3, -0.25) is 4.79 Å². The van der Waals surface area contributed by atoms with Crippen molar-refractivity contribution in [3.63, 3.8) is 0 Å². The Kier molecular flexibility index (Phi) is 4.75. The molecule has 0 saturated heterocycles. The monoisotopic (exact) mass is 241 g/mol. The predicted molar refractivity (Wildman–Crippen MR) is 62.5 cm³/mol. The predicted octanol–water partition coefficient (Wildman–Crippen LogP) is 2.31. The third-order valence-electron chi connectivity index (χ3n) is 2.87. The lowest BCUT2D eigenvalue weighted by Crippen LogP contribution is -2.29. The van der Waals surface area contributed by atoms with Gasteiger partial charge in [-0.1, -0.05) is 26.0 Å². The highest BCUT2D eigenvalue weighted by Crippen LogP contribution is 2.17. The van der Waals surface area contributed by atoms with E-state index in [4.69, 9.17) is 5.73 Å². The highest BCUT2D eigenvalue weighted by Gasteiger charge is 2.22. The van der Waals surface area contributed by atoms with Gasteiger partial charge < -0.3 is 5.73 Å². The van der Waals surface area contributed by atoms with Crippen molar-refractivity contribution < 1.29 is 13.6 Å². The molecule has 2 N–H and O–H groups in total. The highest BCUT2D eigenvalue weighted by atomic mass is 19.2.